The van der Waals surface area contributed by atoms with Gasteiger partial charge in [-0.05, 0) is 29.8 Å². The second-order valence-electron chi connectivity index (χ2n) is 5.26. The standard InChI is InChI=1S/C19H12BrNO5/c20-15-4-2-1-3-14(15)16(22)10-24-19(23)13(9-21)7-12-5-6-17-18(8-12)26-11-25-17/h1-8H,10-11H2/b13-7-. The normalized spacial score (nSPS) is 12.4. The molecule has 6 nitrogen and oxygen atoms in total. The van der Waals surface area contributed by atoms with Crippen molar-refractivity contribution < 1.29 is 23.8 Å². The van der Waals surface area contributed by atoms with Gasteiger partial charge in [-0.1, -0.05) is 40.2 Å². The first-order valence-corrected chi connectivity index (χ1v) is 8.34. The number of hydrogen-bond acceptors (Lipinski definition) is 6. The monoisotopic (exact) mass is 413 g/mol. The van der Waals surface area contributed by atoms with Crippen molar-refractivity contribution in [1.29, 1.82) is 5.26 Å². The number of esters is 1. The third-order valence-corrected chi connectivity index (χ3v) is 4.25. The van der Waals surface area contributed by atoms with Crippen molar-refractivity contribution in [2.24, 2.45) is 0 Å². The molecule has 1 heterocycles. The molecule has 0 saturated carbocycles. The lowest BCUT2D eigenvalue weighted by atomic mass is 10.1. The molecule has 0 bridgehead atoms. The minimum atomic E-state index is -0.870. The van der Waals surface area contributed by atoms with Gasteiger partial charge in [-0.3, -0.25) is 4.79 Å². The van der Waals surface area contributed by atoms with E-state index in [1.54, 1.807) is 48.5 Å². The first-order chi connectivity index (χ1) is 12.6. The van der Waals surface area contributed by atoms with Gasteiger partial charge in [0.1, 0.15) is 11.6 Å². The first-order valence-electron chi connectivity index (χ1n) is 7.55. The second kappa shape index (κ2) is 7.85. The first kappa shape index (κ1) is 17.7. The van der Waals surface area contributed by atoms with Gasteiger partial charge in [-0.25, -0.2) is 4.79 Å². The molecule has 1 aliphatic heterocycles. The summed E-state index contributed by atoms with van der Waals surface area (Å²) in [5.41, 5.74) is 0.766. The largest absolute Gasteiger partial charge is 0.454 e. The van der Waals surface area contributed by atoms with E-state index in [4.69, 9.17) is 14.2 Å². The Kier molecular flexibility index (Phi) is 5.34. The second-order valence-corrected chi connectivity index (χ2v) is 6.12. The van der Waals surface area contributed by atoms with E-state index in [-0.39, 0.29) is 18.1 Å². The van der Waals surface area contributed by atoms with Gasteiger partial charge in [-0.2, -0.15) is 5.26 Å². The highest BCUT2D eigenvalue weighted by molar-refractivity contribution is 9.10. The SMILES string of the molecule is N#C/C(=C/c1ccc2c(c1)OCO2)C(=O)OCC(=O)c1ccccc1Br. The highest BCUT2D eigenvalue weighted by atomic mass is 79.9. The highest BCUT2D eigenvalue weighted by Crippen LogP contribution is 2.33. The van der Waals surface area contributed by atoms with E-state index >= 15 is 0 Å². The summed E-state index contributed by atoms with van der Waals surface area (Å²) in [6, 6.07) is 13.6. The van der Waals surface area contributed by atoms with Gasteiger partial charge in [-0.15, -0.1) is 0 Å². The number of hydrogen-bond donors (Lipinski definition) is 0. The van der Waals surface area contributed by atoms with E-state index in [0.717, 1.165) is 0 Å². The lowest BCUT2D eigenvalue weighted by molar-refractivity contribution is -0.137. The third-order valence-electron chi connectivity index (χ3n) is 3.56. The molecule has 0 saturated heterocycles. The summed E-state index contributed by atoms with van der Waals surface area (Å²) in [6.45, 7) is -0.325. The molecule has 1 aliphatic rings. The number of halogens is 1. The number of benzene rings is 2. The molecule has 0 unspecified atom stereocenters. The predicted molar refractivity (Wildman–Crippen MR) is 95.6 cm³/mol. The smallest absolute Gasteiger partial charge is 0.349 e. The quantitative estimate of drug-likeness (QED) is 0.322. The van der Waals surface area contributed by atoms with Gasteiger partial charge in [0.05, 0.1) is 0 Å². The highest BCUT2D eigenvalue weighted by Gasteiger charge is 2.17. The van der Waals surface area contributed by atoms with Gasteiger partial charge in [0.2, 0.25) is 12.6 Å². The van der Waals surface area contributed by atoms with Crippen molar-refractivity contribution in [3.63, 3.8) is 0 Å². The summed E-state index contributed by atoms with van der Waals surface area (Å²) in [5.74, 6) is -0.104. The zero-order chi connectivity index (χ0) is 18.5. The number of carbonyl (C=O) groups excluding carboxylic acids is 2. The molecule has 0 fully saturated rings. The Morgan fingerprint density at radius 1 is 1.19 bits per heavy atom. The van der Waals surface area contributed by atoms with E-state index in [9.17, 15) is 14.9 Å². The number of Topliss-reactive ketones (excluding diaryl/α,β-unsaturated/α-hetero) is 1. The van der Waals surface area contributed by atoms with Crippen molar-refractivity contribution >= 4 is 33.8 Å². The fraction of sp³-hybridized carbons (Fsp3) is 0.105. The van der Waals surface area contributed by atoms with Crippen LogP contribution in [-0.4, -0.2) is 25.2 Å². The van der Waals surface area contributed by atoms with Crippen molar-refractivity contribution in [2.75, 3.05) is 13.4 Å². The summed E-state index contributed by atoms with van der Waals surface area (Å²) in [5, 5.41) is 9.21. The molecule has 0 aliphatic carbocycles. The van der Waals surface area contributed by atoms with Crippen LogP contribution in [0.25, 0.3) is 6.08 Å². The van der Waals surface area contributed by atoms with Gasteiger partial charge in [0.15, 0.2) is 18.1 Å². The molecule has 0 N–H and O–H groups in total. The van der Waals surface area contributed by atoms with Crippen LogP contribution < -0.4 is 9.47 Å². The van der Waals surface area contributed by atoms with Crippen molar-refractivity contribution in [3.8, 4) is 17.6 Å². The average Bonchev–Trinajstić information content (AvgIpc) is 3.12. The minimum absolute atomic E-state index is 0.132. The zero-order valence-corrected chi connectivity index (χ0v) is 15.0. The number of carbonyl (C=O) groups is 2. The van der Waals surface area contributed by atoms with Gasteiger partial charge in [0.25, 0.3) is 0 Å². The van der Waals surface area contributed by atoms with E-state index in [1.165, 1.54) is 6.08 Å². The number of nitrogens with zero attached hydrogens (tertiary/aromatic N) is 1. The molecule has 0 aromatic heterocycles. The maximum atomic E-state index is 12.1. The van der Waals surface area contributed by atoms with Crippen LogP contribution in [-0.2, 0) is 9.53 Å². The van der Waals surface area contributed by atoms with E-state index < -0.39 is 12.6 Å². The predicted octanol–water partition coefficient (Wildman–Crippen LogP) is 3.51. The molecular formula is C19H12BrNO5. The molecular weight excluding hydrogens is 402 g/mol. The lowest BCUT2D eigenvalue weighted by Crippen LogP contribution is -2.15. The van der Waals surface area contributed by atoms with Crippen LogP contribution >= 0.6 is 15.9 Å². The molecule has 2 aromatic rings. The molecule has 2 aromatic carbocycles. The van der Waals surface area contributed by atoms with Crippen LogP contribution in [0.15, 0.2) is 52.5 Å². The van der Waals surface area contributed by atoms with Crippen LogP contribution in [0.1, 0.15) is 15.9 Å². The Balaban J connectivity index is 1.68. The summed E-state index contributed by atoms with van der Waals surface area (Å²) in [6.07, 6.45) is 1.37. The fourth-order valence-corrected chi connectivity index (χ4v) is 2.79. The molecule has 0 radical (unpaired) electrons. The number of ketones is 1. The van der Waals surface area contributed by atoms with Crippen molar-refractivity contribution in [3.05, 3.63) is 63.6 Å². The van der Waals surface area contributed by atoms with Crippen LogP contribution in [0, 0.1) is 11.3 Å². The zero-order valence-electron chi connectivity index (χ0n) is 13.4. The van der Waals surface area contributed by atoms with Gasteiger partial charge < -0.3 is 14.2 Å². The van der Waals surface area contributed by atoms with Crippen LogP contribution in [0.4, 0.5) is 0 Å². The summed E-state index contributed by atoms with van der Waals surface area (Å²) < 4.78 is 16.0. The Morgan fingerprint density at radius 3 is 2.73 bits per heavy atom. The van der Waals surface area contributed by atoms with E-state index in [2.05, 4.69) is 15.9 Å². The van der Waals surface area contributed by atoms with Crippen LogP contribution in [0.2, 0.25) is 0 Å². The lowest BCUT2D eigenvalue weighted by Gasteiger charge is -2.05. The number of nitriles is 1. The molecule has 26 heavy (non-hydrogen) atoms. The fourth-order valence-electron chi connectivity index (χ4n) is 2.28. The third kappa shape index (κ3) is 3.92. The molecule has 130 valence electrons. The number of ether oxygens (including phenoxy) is 3. The molecule has 0 spiro atoms. The number of rotatable bonds is 5. The maximum absolute atomic E-state index is 12.1. The van der Waals surface area contributed by atoms with Crippen LogP contribution in [0.3, 0.4) is 0 Å². The summed E-state index contributed by atoms with van der Waals surface area (Å²) >= 11 is 3.27. The van der Waals surface area contributed by atoms with E-state index in [0.29, 0.717) is 27.1 Å². The van der Waals surface area contributed by atoms with Crippen LogP contribution in [0.5, 0.6) is 11.5 Å². The van der Waals surface area contributed by atoms with Crippen molar-refractivity contribution in [2.45, 2.75) is 0 Å². The van der Waals surface area contributed by atoms with E-state index in [1.807, 2.05) is 0 Å². The molecule has 3 rings (SSSR count). The van der Waals surface area contributed by atoms with Gasteiger partial charge >= 0.3 is 5.97 Å². The summed E-state index contributed by atoms with van der Waals surface area (Å²) in [7, 11) is 0. The minimum Gasteiger partial charge on any atom is -0.454 e. The number of fused-ring (bicyclic) bond motifs is 1. The van der Waals surface area contributed by atoms with Crippen molar-refractivity contribution in [1.82, 2.24) is 0 Å². The maximum Gasteiger partial charge on any atom is 0.349 e. The summed E-state index contributed by atoms with van der Waals surface area (Å²) in [4.78, 5) is 24.2. The Hall–Kier alpha value is -3.11. The Labute approximate surface area is 157 Å². The van der Waals surface area contributed by atoms with Gasteiger partial charge in [0, 0.05) is 10.0 Å². The molecule has 0 atom stereocenters. The molecule has 0 amide bonds. The Bertz CT molecular complexity index is 945. The average molecular weight is 414 g/mol. The topological polar surface area (TPSA) is 85.6 Å². The Morgan fingerprint density at radius 2 is 1.96 bits per heavy atom. The molecule has 7 heteroatoms.